The Morgan fingerprint density at radius 1 is 1.32 bits per heavy atom. The van der Waals surface area contributed by atoms with Gasteiger partial charge in [0.25, 0.3) is 0 Å². The Kier molecular flexibility index (Phi) is 6.07. The number of hydrogen-bond donors (Lipinski definition) is 1. The number of likely N-dealkylation sites (N-methyl/N-ethyl adjacent to an activating group) is 1. The van der Waals surface area contributed by atoms with E-state index in [0.717, 1.165) is 37.2 Å². The van der Waals surface area contributed by atoms with Gasteiger partial charge in [-0.25, -0.2) is 4.79 Å². The van der Waals surface area contributed by atoms with Crippen molar-refractivity contribution in [2.45, 2.75) is 25.3 Å². The molecular weight excluding hydrogens is 280 g/mol. The van der Waals surface area contributed by atoms with Crippen molar-refractivity contribution in [1.82, 2.24) is 10.2 Å². The molecule has 0 saturated heterocycles. The molecule has 5 nitrogen and oxygen atoms in total. The van der Waals surface area contributed by atoms with Crippen LogP contribution in [0.1, 0.15) is 18.4 Å². The van der Waals surface area contributed by atoms with Crippen LogP contribution in [-0.2, 0) is 11.2 Å². The first-order valence-electron chi connectivity index (χ1n) is 7.78. The van der Waals surface area contributed by atoms with Crippen LogP contribution < -0.4 is 10.1 Å². The molecule has 1 N–H and O–H groups in total. The first kappa shape index (κ1) is 16.6. The summed E-state index contributed by atoms with van der Waals surface area (Å²) in [5, 5.41) is 3.09. The second-order valence-electron chi connectivity index (χ2n) is 5.83. The molecule has 1 fully saturated rings. The van der Waals surface area contributed by atoms with Crippen LogP contribution in [0.3, 0.4) is 0 Å². The molecule has 5 heteroatoms. The highest BCUT2D eigenvalue weighted by molar-refractivity contribution is 5.74. The third-order valence-corrected chi connectivity index (χ3v) is 4.36. The number of urea groups is 1. The fourth-order valence-corrected chi connectivity index (χ4v) is 2.74. The Hall–Kier alpha value is -1.75. The number of amides is 2. The molecule has 22 heavy (non-hydrogen) atoms. The minimum atomic E-state index is -0.0132. The molecule has 1 aromatic carbocycles. The van der Waals surface area contributed by atoms with Crippen LogP contribution in [0, 0.1) is 5.92 Å². The van der Waals surface area contributed by atoms with Crippen LogP contribution in [0.15, 0.2) is 24.3 Å². The number of hydrogen-bond acceptors (Lipinski definition) is 3. The second kappa shape index (κ2) is 8.03. The van der Waals surface area contributed by atoms with Gasteiger partial charge in [-0.15, -0.1) is 0 Å². The molecule has 0 radical (unpaired) electrons. The summed E-state index contributed by atoms with van der Waals surface area (Å²) in [6.45, 7) is 1.38. The molecule has 1 aliphatic rings. The Morgan fingerprint density at radius 3 is 2.73 bits per heavy atom. The Morgan fingerprint density at radius 2 is 2.09 bits per heavy atom. The molecule has 122 valence electrons. The van der Waals surface area contributed by atoms with Crippen molar-refractivity contribution in [2.24, 2.45) is 5.92 Å². The number of carbonyl (C=O) groups excluding carboxylic acids is 1. The Bertz CT molecular complexity index is 493. The number of benzene rings is 1. The minimum absolute atomic E-state index is 0.0132. The zero-order chi connectivity index (χ0) is 15.9. The molecule has 2 amide bonds. The van der Waals surface area contributed by atoms with E-state index in [1.807, 2.05) is 31.3 Å². The van der Waals surface area contributed by atoms with Gasteiger partial charge >= 0.3 is 6.03 Å². The number of nitrogens with one attached hydrogen (secondary N) is 1. The first-order chi connectivity index (χ1) is 10.7. The van der Waals surface area contributed by atoms with Gasteiger partial charge in [-0.2, -0.15) is 0 Å². The van der Waals surface area contributed by atoms with Crippen LogP contribution in [0.5, 0.6) is 5.75 Å². The molecule has 0 aromatic heterocycles. The highest BCUT2D eigenvalue weighted by Crippen LogP contribution is 2.27. The number of rotatable bonds is 7. The van der Waals surface area contributed by atoms with Gasteiger partial charge in [0.05, 0.1) is 13.7 Å². The SMILES string of the molecule is COC[C@H]1CC[C@H]1NC(=O)N(C)CCc1ccccc1OC. The summed E-state index contributed by atoms with van der Waals surface area (Å²) in [6, 6.07) is 8.15. The smallest absolute Gasteiger partial charge is 0.317 e. The molecule has 0 spiro atoms. The number of methoxy groups -OCH3 is 2. The van der Waals surface area contributed by atoms with Crippen molar-refractivity contribution in [3.05, 3.63) is 29.8 Å². The molecule has 1 aromatic rings. The third-order valence-electron chi connectivity index (χ3n) is 4.36. The topological polar surface area (TPSA) is 50.8 Å². The lowest BCUT2D eigenvalue weighted by Gasteiger charge is -2.37. The number of nitrogens with zero attached hydrogens (tertiary/aromatic N) is 1. The summed E-state index contributed by atoms with van der Waals surface area (Å²) in [5.41, 5.74) is 1.12. The van der Waals surface area contributed by atoms with Gasteiger partial charge in [-0.1, -0.05) is 18.2 Å². The van der Waals surface area contributed by atoms with Gasteiger partial charge in [0.1, 0.15) is 5.75 Å². The standard InChI is InChI=1S/C17H26N2O3/c1-19(11-10-13-6-4-5-7-16(13)22-3)17(20)18-15-9-8-14(15)12-21-2/h4-7,14-15H,8-12H2,1-3H3,(H,18,20)/t14-,15-/m1/s1. The summed E-state index contributed by atoms with van der Waals surface area (Å²) in [5.74, 6) is 1.33. The summed E-state index contributed by atoms with van der Waals surface area (Å²) in [6.07, 6.45) is 2.95. The average molecular weight is 306 g/mol. The second-order valence-corrected chi connectivity index (χ2v) is 5.83. The van der Waals surface area contributed by atoms with Crippen molar-refractivity contribution >= 4 is 6.03 Å². The summed E-state index contributed by atoms with van der Waals surface area (Å²) >= 11 is 0. The predicted molar refractivity (Wildman–Crippen MR) is 86.2 cm³/mol. The van der Waals surface area contributed by atoms with Crippen LogP contribution in [0.25, 0.3) is 0 Å². The Balaban J connectivity index is 1.79. The monoisotopic (exact) mass is 306 g/mol. The van der Waals surface area contributed by atoms with Crippen LogP contribution in [0.2, 0.25) is 0 Å². The van der Waals surface area contributed by atoms with E-state index in [4.69, 9.17) is 9.47 Å². The molecular formula is C17H26N2O3. The largest absolute Gasteiger partial charge is 0.496 e. The van der Waals surface area contributed by atoms with Crippen LogP contribution in [-0.4, -0.2) is 51.4 Å². The summed E-state index contributed by atoms with van der Waals surface area (Å²) in [4.78, 5) is 13.9. The average Bonchev–Trinajstić information content (AvgIpc) is 2.54. The van der Waals surface area contributed by atoms with Crippen molar-refractivity contribution in [3.8, 4) is 5.75 Å². The normalized spacial score (nSPS) is 20.1. The molecule has 0 aliphatic heterocycles. The molecule has 2 atom stereocenters. The number of para-hydroxylation sites is 1. The van der Waals surface area contributed by atoms with Gasteiger partial charge in [0.2, 0.25) is 0 Å². The fraction of sp³-hybridized carbons (Fsp3) is 0.588. The van der Waals surface area contributed by atoms with E-state index in [0.29, 0.717) is 12.5 Å². The lowest BCUT2D eigenvalue weighted by Crippen LogP contribution is -2.52. The van der Waals surface area contributed by atoms with Crippen molar-refractivity contribution in [2.75, 3.05) is 34.4 Å². The molecule has 0 unspecified atom stereocenters. The van der Waals surface area contributed by atoms with Crippen molar-refractivity contribution < 1.29 is 14.3 Å². The third kappa shape index (κ3) is 4.13. The fourth-order valence-electron chi connectivity index (χ4n) is 2.74. The van der Waals surface area contributed by atoms with Gasteiger partial charge in [-0.3, -0.25) is 0 Å². The van der Waals surface area contributed by atoms with Crippen LogP contribution in [0.4, 0.5) is 4.79 Å². The molecule has 0 bridgehead atoms. The number of ether oxygens (including phenoxy) is 2. The summed E-state index contributed by atoms with van der Waals surface area (Å²) in [7, 11) is 5.20. The highest BCUT2D eigenvalue weighted by Gasteiger charge is 2.32. The van der Waals surface area contributed by atoms with E-state index < -0.39 is 0 Å². The van der Waals surface area contributed by atoms with Crippen LogP contribution >= 0.6 is 0 Å². The molecule has 1 saturated carbocycles. The van der Waals surface area contributed by atoms with E-state index in [1.165, 1.54) is 0 Å². The maximum Gasteiger partial charge on any atom is 0.317 e. The summed E-state index contributed by atoms with van der Waals surface area (Å²) < 4.78 is 10.5. The van der Waals surface area contributed by atoms with E-state index in [9.17, 15) is 4.79 Å². The van der Waals surface area contributed by atoms with Gasteiger partial charge in [-0.05, 0) is 30.9 Å². The predicted octanol–water partition coefficient (Wildman–Crippen LogP) is 2.30. The number of carbonyl (C=O) groups is 1. The molecule has 1 aliphatic carbocycles. The minimum Gasteiger partial charge on any atom is -0.496 e. The Labute approximate surface area is 132 Å². The van der Waals surface area contributed by atoms with Gasteiger partial charge in [0.15, 0.2) is 0 Å². The van der Waals surface area contributed by atoms with Gasteiger partial charge in [0, 0.05) is 32.7 Å². The maximum absolute atomic E-state index is 12.2. The molecule has 0 heterocycles. The maximum atomic E-state index is 12.2. The lowest BCUT2D eigenvalue weighted by atomic mass is 9.80. The zero-order valence-electron chi connectivity index (χ0n) is 13.7. The molecule has 2 rings (SSSR count). The van der Waals surface area contributed by atoms with E-state index >= 15 is 0 Å². The van der Waals surface area contributed by atoms with Crippen molar-refractivity contribution in [3.63, 3.8) is 0 Å². The van der Waals surface area contributed by atoms with Crippen molar-refractivity contribution in [1.29, 1.82) is 0 Å². The highest BCUT2D eigenvalue weighted by atomic mass is 16.5. The van der Waals surface area contributed by atoms with E-state index in [2.05, 4.69) is 5.32 Å². The lowest BCUT2D eigenvalue weighted by molar-refractivity contribution is 0.0805. The quantitative estimate of drug-likeness (QED) is 0.841. The van der Waals surface area contributed by atoms with E-state index in [-0.39, 0.29) is 12.1 Å². The van der Waals surface area contributed by atoms with Gasteiger partial charge < -0.3 is 19.7 Å². The first-order valence-corrected chi connectivity index (χ1v) is 7.78. The van der Waals surface area contributed by atoms with E-state index in [1.54, 1.807) is 19.1 Å². The zero-order valence-corrected chi connectivity index (χ0v) is 13.7.